The van der Waals surface area contributed by atoms with E-state index in [9.17, 15) is 18.0 Å². The maximum atomic E-state index is 13.1. The highest BCUT2D eigenvalue weighted by atomic mass is 35.5. The maximum Gasteiger partial charge on any atom is 0.417 e. The van der Waals surface area contributed by atoms with Crippen molar-refractivity contribution in [1.29, 1.82) is 0 Å². The lowest BCUT2D eigenvalue weighted by Crippen LogP contribution is -2.10. The lowest BCUT2D eigenvalue weighted by atomic mass is 10.00. The number of alkyl halides is 3. The summed E-state index contributed by atoms with van der Waals surface area (Å²) in [5.41, 5.74) is 1.50. The third-order valence-electron chi connectivity index (χ3n) is 5.80. The SMILES string of the molecule is COc1cc2nccc(Oc3ccc(CC(=O)Cc4ccc(Cl)c(C(F)(F)F)c4)cc3C)c2cc1OC. The molecule has 0 saturated heterocycles. The van der Waals surface area contributed by atoms with Crippen LogP contribution >= 0.6 is 11.6 Å². The highest BCUT2D eigenvalue weighted by Crippen LogP contribution is 2.38. The van der Waals surface area contributed by atoms with Crippen molar-refractivity contribution in [2.45, 2.75) is 25.9 Å². The Labute approximate surface area is 216 Å². The van der Waals surface area contributed by atoms with E-state index in [1.807, 2.05) is 13.0 Å². The third kappa shape index (κ3) is 5.97. The first kappa shape index (κ1) is 26.3. The normalized spacial score (nSPS) is 11.4. The number of fused-ring (bicyclic) bond motifs is 1. The monoisotopic (exact) mass is 529 g/mol. The molecule has 0 bridgehead atoms. The summed E-state index contributed by atoms with van der Waals surface area (Å²) in [7, 11) is 3.10. The van der Waals surface area contributed by atoms with Crippen LogP contribution in [-0.4, -0.2) is 25.0 Å². The Morgan fingerprint density at radius 2 is 1.51 bits per heavy atom. The fourth-order valence-electron chi connectivity index (χ4n) is 4.01. The summed E-state index contributed by atoms with van der Waals surface area (Å²) in [5.74, 6) is 2.04. The second kappa shape index (κ2) is 10.7. The van der Waals surface area contributed by atoms with E-state index in [2.05, 4.69) is 4.98 Å². The number of ketones is 1. The zero-order chi connectivity index (χ0) is 26.7. The Morgan fingerprint density at radius 1 is 0.865 bits per heavy atom. The van der Waals surface area contributed by atoms with Crippen LogP contribution in [0.15, 0.2) is 60.8 Å². The molecule has 4 aromatic rings. The van der Waals surface area contributed by atoms with Crippen molar-refractivity contribution in [2.24, 2.45) is 0 Å². The molecule has 3 aromatic carbocycles. The van der Waals surface area contributed by atoms with Crippen LogP contribution in [0.2, 0.25) is 5.02 Å². The van der Waals surface area contributed by atoms with Crippen LogP contribution in [0.5, 0.6) is 23.0 Å². The van der Waals surface area contributed by atoms with E-state index < -0.39 is 16.8 Å². The minimum Gasteiger partial charge on any atom is -0.493 e. The molecule has 192 valence electrons. The zero-order valence-electron chi connectivity index (χ0n) is 20.3. The van der Waals surface area contributed by atoms with Crippen molar-refractivity contribution >= 4 is 28.3 Å². The van der Waals surface area contributed by atoms with Crippen LogP contribution in [0.25, 0.3) is 10.9 Å². The minimum atomic E-state index is -4.58. The van der Waals surface area contributed by atoms with E-state index in [0.717, 1.165) is 28.6 Å². The molecule has 0 radical (unpaired) electrons. The summed E-state index contributed by atoms with van der Waals surface area (Å²) in [6.45, 7) is 1.85. The van der Waals surface area contributed by atoms with Crippen molar-refractivity contribution in [3.8, 4) is 23.0 Å². The van der Waals surface area contributed by atoms with Gasteiger partial charge in [0.05, 0.1) is 30.3 Å². The minimum absolute atomic E-state index is 0.0697. The smallest absolute Gasteiger partial charge is 0.417 e. The molecule has 0 atom stereocenters. The number of carbonyl (C=O) groups is 1. The van der Waals surface area contributed by atoms with Crippen molar-refractivity contribution in [3.63, 3.8) is 0 Å². The van der Waals surface area contributed by atoms with Gasteiger partial charge in [-0.15, -0.1) is 0 Å². The number of ether oxygens (including phenoxy) is 3. The van der Waals surface area contributed by atoms with Gasteiger partial charge in [-0.25, -0.2) is 0 Å². The number of halogens is 4. The van der Waals surface area contributed by atoms with Crippen LogP contribution in [-0.2, 0) is 23.8 Å². The third-order valence-corrected chi connectivity index (χ3v) is 6.13. The Hall–Kier alpha value is -3.78. The van der Waals surface area contributed by atoms with Gasteiger partial charge < -0.3 is 14.2 Å². The van der Waals surface area contributed by atoms with Gasteiger partial charge in [-0.05, 0) is 53.9 Å². The first-order chi connectivity index (χ1) is 17.6. The second-order valence-electron chi connectivity index (χ2n) is 8.44. The summed E-state index contributed by atoms with van der Waals surface area (Å²) in [6.07, 6.45) is -3.01. The first-order valence-electron chi connectivity index (χ1n) is 11.2. The number of hydrogen-bond donors (Lipinski definition) is 0. The van der Waals surface area contributed by atoms with E-state index in [1.54, 1.807) is 50.7 Å². The molecule has 0 aliphatic rings. The largest absolute Gasteiger partial charge is 0.493 e. The summed E-state index contributed by atoms with van der Waals surface area (Å²) in [5, 5.41) is 0.342. The fourth-order valence-corrected chi connectivity index (χ4v) is 4.23. The van der Waals surface area contributed by atoms with Crippen LogP contribution in [0.1, 0.15) is 22.3 Å². The first-order valence-corrected chi connectivity index (χ1v) is 11.6. The summed E-state index contributed by atoms with van der Waals surface area (Å²) >= 11 is 5.67. The van der Waals surface area contributed by atoms with Crippen molar-refractivity contribution in [2.75, 3.05) is 14.2 Å². The number of hydrogen-bond acceptors (Lipinski definition) is 5. The van der Waals surface area contributed by atoms with E-state index in [-0.39, 0.29) is 24.2 Å². The highest BCUT2D eigenvalue weighted by molar-refractivity contribution is 6.31. The van der Waals surface area contributed by atoms with E-state index in [1.165, 1.54) is 6.07 Å². The quantitative estimate of drug-likeness (QED) is 0.238. The average molecular weight is 530 g/mol. The molecular formula is C28H23ClF3NO4. The van der Waals surface area contributed by atoms with Crippen LogP contribution in [0.3, 0.4) is 0 Å². The van der Waals surface area contributed by atoms with E-state index in [0.29, 0.717) is 28.5 Å². The van der Waals surface area contributed by atoms with Gasteiger partial charge in [0.15, 0.2) is 11.5 Å². The average Bonchev–Trinajstić information content (AvgIpc) is 2.85. The maximum absolute atomic E-state index is 13.1. The van der Waals surface area contributed by atoms with Gasteiger partial charge in [0.1, 0.15) is 17.3 Å². The van der Waals surface area contributed by atoms with E-state index >= 15 is 0 Å². The van der Waals surface area contributed by atoms with Gasteiger partial charge >= 0.3 is 6.18 Å². The number of aryl methyl sites for hydroxylation is 1. The standard InChI is InChI=1S/C28H23ClF3NO4/c1-16-10-17(11-19(34)12-18-4-6-22(29)21(13-18)28(30,31)32)5-7-24(16)37-25-8-9-33-23-15-27(36-3)26(35-2)14-20(23)25/h4-10,13-15H,11-12H2,1-3H3. The lowest BCUT2D eigenvalue weighted by molar-refractivity contribution is -0.137. The second-order valence-corrected chi connectivity index (χ2v) is 8.85. The number of Topliss-reactive ketones (excluding diaryl/α,β-unsaturated/α-hetero) is 1. The van der Waals surface area contributed by atoms with Crippen LogP contribution < -0.4 is 14.2 Å². The molecule has 0 saturated carbocycles. The van der Waals surface area contributed by atoms with Crippen molar-refractivity contribution in [3.05, 3.63) is 88.1 Å². The number of carbonyl (C=O) groups excluding carboxylic acids is 1. The molecular weight excluding hydrogens is 507 g/mol. The predicted octanol–water partition coefficient (Wildman–Crippen LogP) is 7.38. The molecule has 0 spiro atoms. The van der Waals surface area contributed by atoms with Gasteiger partial charge in [0, 0.05) is 30.5 Å². The zero-order valence-corrected chi connectivity index (χ0v) is 21.0. The molecule has 0 N–H and O–H groups in total. The van der Waals surface area contributed by atoms with E-state index in [4.69, 9.17) is 25.8 Å². The van der Waals surface area contributed by atoms with Gasteiger partial charge in [0.25, 0.3) is 0 Å². The van der Waals surface area contributed by atoms with Crippen LogP contribution in [0, 0.1) is 6.92 Å². The van der Waals surface area contributed by atoms with Gasteiger partial charge in [0.2, 0.25) is 0 Å². The molecule has 1 heterocycles. The number of aromatic nitrogens is 1. The van der Waals surface area contributed by atoms with Crippen molar-refractivity contribution < 1.29 is 32.2 Å². The Morgan fingerprint density at radius 3 is 2.16 bits per heavy atom. The molecule has 9 heteroatoms. The summed E-state index contributed by atoms with van der Waals surface area (Å²) in [4.78, 5) is 17.0. The molecule has 5 nitrogen and oxygen atoms in total. The molecule has 0 aliphatic heterocycles. The summed E-state index contributed by atoms with van der Waals surface area (Å²) < 4.78 is 56.2. The number of rotatable bonds is 8. The molecule has 1 aromatic heterocycles. The van der Waals surface area contributed by atoms with Gasteiger partial charge in [-0.2, -0.15) is 13.2 Å². The summed E-state index contributed by atoms with van der Waals surface area (Å²) in [6, 6.07) is 14.2. The Balaban J connectivity index is 1.50. The molecule has 0 fully saturated rings. The van der Waals surface area contributed by atoms with Gasteiger partial charge in [-0.1, -0.05) is 29.8 Å². The van der Waals surface area contributed by atoms with Crippen LogP contribution in [0.4, 0.5) is 13.2 Å². The molecule has 4 rings (SSSR count). The predicted molar refractivity (Wildman–Crippen MR) is 135 cm³/mol. The molecule has 0 unspecified atom stereocenters. The number of nitrogens with zero attached hydrogens (tertiary/aromatic N) is 1. The topological polar surface area (TPSA) is 57.7 Å². The lowest BCUT2D eigenvalue weighted by Gasteiger charge is -2.14. The Bertz CT molecular complexity index is 1470. The fraction of sp³-hybridized carbons (Fsp3) is 0.214. The molecule has 37 heavy (non-hydrogen) atoms. The van der Waals surface area contributed by atoms with Crippen molar-refractivity contribution in [1.82, 2.24) is 4.98 Å². The van der Waals surface area contributed by atoms with Gasteiger partial charge in [-0.3, -0.25) is 9.78 Å². The Kier molecular flexibility index (Phi) is 7.59. The number of benzene rings is 3. The number of methoxy groups -OCH3 is 2. The molecule has 0 amide bonds. The number of pyridine rings is 1. The highest BCUT2D eigenvalue weighted by Gasteiger charge is 2.33. The molecule has 0 aliphatic carbocycles.